The van der Waals surface area contributed by atoms with Crippen molar-refractivity contribution in [2.45, 2.75) is 32.2 Å². The molecule has 4 heteroatoms. The van der Waals surface area contributed by atoms with Crippen LogP contribution in [0.15, 0.2) is 24.3 Å². The van der Waals surface area contributed by atoms with E-state index in [4.69, 9.17) is 0 Å². The van der Waals surface area contributed by atoms with Gasteiger partial charge in [-0.25, -0.2) is 0 Å². The number of hydrogen-bond acceptors (Lipinski definition) is 2. The van der Waals surface area contributed by atoms with Crippen LogP contribution in [0.1, 0.15) is 24.5 Å². The van der Waals surface area contributed by atoms with Gasteiger partial charge in [0.15, 0.2) is 0 Å². The van der Waals surface area contributed by atoms with Gasteiger partial charge in [0.25, 0.3) is 0 Å². The Hall–Kier alpha value is -1.06. The van der Waals surface area contributed by atoms with Crippen molar-refractivity contribution in [2.75, 3.05) is 13.1 Å². The van der Waals surface area contributed by atoms with Crippen LogP contribution in [-0.2, 0) is 17.6 Å². The van der Waals surface area contributed by atoms with Gasteiger partial charge in [-0.1, -0.05) is 24.3 Å². The molecule has 2 aliphatic rings. The van der Waals surface area contributed by atoms with Gasteiger partial charge in [0.05, 0.1) is 5.41 Å². The second-order valence-corrected chi connectivity index (χ2v) is 5.83. The molecule has 3 nitrogen and oxygen atoms in total. The van der Waals surface area contributed by atoms with Crippen LogP contribution >= 0.6 is 12.4 Å². The largest absolute Gasteiger partial charge is 0.352 e. The summed E-state index contributed by atoms with van der Waals surface area (Å²) in [6, 6.07) is 8.77. The molecule has 1 saturated heterocycles. The Balaban J connectivity index is 0.00000133. The molecule has 1 aromatic carbocycles. The molecule has 1 heterocycles. The monoisotopic (exact) mass is 280 g/mol. The van der Waals surface area contributed by atoms with Gasteiger partial charge in [-0.3, -0.25) is 4.79 Å². The van der Waals surface area contributed by atoms with Crippen LogP contribution in [0.3, 0.4) is 0 Å². The summed E-state index contributed by atoms with van der Waals surface area (Å²) in [7, 11) is 0. The number of carbonyl (C=O) groups is 1. The van der Waals surface area contributed by atoms with Gasteiger partial charge in [-0.05, 0) is 43.9 Å². The molecule has 2 N–H and O–H groups in total. The number of carbonyl (C=O) groups excluding carboxylic acids is 1. The van der Waals surface area contributed by atoms with E-state index in [-0.39, 0.29) is 29.8 Å². The van der Waals surface area contributed by atoms with Gasteiger partial charge in [0.2, 0.25) is 5.91 Å². The molecular weight excluding hydrogens is 260 g/mol. The lowest BCUT2D eigenvalue weighted by atomic mass is 9.88. The highest BCUT2D eigenvalue weighted by atomic mass is 35.5. The summed E-state index contributed by atoms with van der Waals surface area (Å²) in [4.78, 5) is 12.3. The first-order valence-electron chi connectivity index (χ1n) is 6.76. The first-order chi connectivity index (χ1) is 8.67. The van der Waals surface area contributed by atoms with E-state index in [2.05, 4.69) is 41.8 Å². The molecular formula is C15H21ClN2O. The zero-order valence-electron chi connectivity index (χ0n) is 11.2. The Morgan fingerprint density at radius 1 is 1.32 bits per heavy atom. The molecule has 1 atom stereocenters. The number of nitrogens with one attached hydrogen (secondary N) is 2. The number of benzene rings is 1. The Morgan fingerprint density at radius 2 is 1.95 bits per heavy atom. The van der Waals surface area contributed by atoms with Gasteiger partial charge >= 0.3 is 0 Å². The molecule has 104 valence electrons. The highest BCUT2D eigenvalue weighted by Gasteiger charge is 2.37. The van der Waals surface area contributed by atoms with E-state index >= 15 is 0 Å². The predicted octanol–water partition coefficient (Wildman–Crippen LogP) is 1.69. The Kier molecular flexibility index (Phi) is 4.16. The molecule has 3 rings (SSSR count). The third-order valence-electron chi connectivity index (χ3n) is 4.30. The molecule has 1 unspecified atom stereocenters. The van der Waals surface area contributed by atoms with Crippen LogP contribution in [0.4, 0.5) is 0 Å². The Morgan fingerprint density at radius 3 is 2.47 bits per heavy atom. The summed E-state index contributed by atoms with van der Waals surface area (Å²) in [6.45, 7) is 3.82. The van der Waals surface area contributed by atoms with Crippen molar-refractivity contribution in [3.05, 3.63) is 35.4 Å². The molecule has 0 aromatic heterocycles. The maximum absolute atomic E-state index is 12.3. The fourth-order valence-corrected chi connectivity index (χ4v) is 3.03. The van der Waals surface area contributed by atoms with Crippen molar-refractivity contribution in [2.24, 2.45) is 5.41 Å². The zero-order valence-corrected chi connectivity index (χ0v) is 12.1. The van der Waals surface area contributed by atoms with Gasteiger partial charge in [0.1, 0.15) is 0 Å². The van der Waals surface area contributed by atoms with Crippen LogP contribution < -0.4 is 10.6 Å². The van der Waals surface area contributed by atoms with E-state index in [0.717, 1.165) is 32.4 Å². The summed E-state index contributed by atoms with van der Waals surface area (Å²) in [5.41, 5.74) is 2.56. The van der Waals surface area contributed by atoms with Gasteiger partial charge < -0.3 is 10.6 Å². The first kappa shape index (κ1) is 14.4. The molecule has 1 amide bonds. The number of fused-ring (bicyclic) bond motifs is 1. The fourth-order valence-electron chi connectivity index (χ4n) is 3.03. The Bertz CT molecular complexity index is 444. The van der Waals surface area contributed by atoms with Crippen LogP contribution in [0.2, 0.25) is 0 Å². The summed E-state index contributed by atoms with van der Waals surface area (Å²) >= 11 is 0. The second kappa shape index (κ2) is 5.51. The van der Waals surface area contributed by atoms with Crippen LogP contribution in [0, 0.1) is 5.41 Å². The molecule has 1 aromatic rings. The molecule has 19 heavy (non-hydrogen) atoms. The van der Waals surface area contributed by atoms with E-state index in [1.807, 2.05) is 0 Å². The normalized spacial score (nSPS) is 25.7. The van der Waals surface area contributed by atoms with Crippen molar-refractivity contribution in [3.8, 4) is 0 Å². The number of rotatable bonds is 2. The van der Waals surface area contributed by atoms with Crippen LogP contribution in [-0.4, -0.2) is 25.0 Å². The minimum atomic E-state index is -0.214. The number of hydrogen-bond donors (Lipinski definition) is 2. The van der Waals surface area contributed by atoms with Crippen LogP contribution in [0.25, 0.3) is 0 Å². The SMILES string of the molecule is CC1(C(=O)NC2Cc3ccccc3C2)CCNC1.Cl. The molecule has 1 fully saturated rings. The van der Waals surface area contributed by atoms with Gasteiger partial charge in [0, 0.05) is 12.6 Å². The average Bonchev–Trinajstić information content (AvgIpc) is 2.95. The standard InChI is InChI=1S/C15H20N2O.ClH/c1-15(6-7-16-10-15)14(18)17-13-8-11-4-2-3-5-12(11)9-13;/h2-5,13,16H,6-10H2,1H3,(H,17,18);1H. The highest BCUT2D eigenvalue weighted by Crippen LogP contribution is 2.27. The summed E-state index contributed by atoms with van der Waals surface area (Å²) in [5.74, 6) is 0.213. The minimum Gasteiger partial charge on any atom is -0.352 e. The molecule has 0 spiro atoms. The first-order valence-corrected chi connectivity index (χ1v) is 6.76. The van der Waals surface area contributed by atoms with E-state index in [1.165, 1.54) is 11.1 Å². The van der Waals surface area contributed by atoms with Gasteiger partial charge in [-0.15, -0.1) is 12.4 Å². The van der Waals surface area contributed by atoms with E-state index in [9.17, 15) is 4.79 Å². The van der Waals surface area contributed by atoms with Crippen molar-refractivity contribution in [3.63, 3.8) is 0 Å². The average molecular weight is 281 g/mol. The number of halogens is 1. The third kappa shape index (κ3) is 2.77. The van der Waals surface area contributed by atoms with E-state index < -0.39 is 0 Å². The lowest BCUT2D eigenvalue weighted by molar-refractivity contribution is -0.129. The van der Waals surface area contributed by atoms with Crippen molar-refractivity contribution in [1.82, 2.24) is 10.6 Å². The highest BCUT2D eigenvalue weighted by molar-refractivity contribution is 5.85. The maximum Gasteiger partial charge on any atom is 0.227 e. The summed E-state index contributed by atoms with van der Waals surface area (Å²) < 4.78 is 0. The summed E-state index contributed by atoms with van der Waals surface area (Å²) in [5, 5.41) is 6.50. The topological polar surface area (TPSA) is 41.1 Å². The van der Waals surface area contributed by atoms with Crippen molar-refractivity contribution in [1.29, 1.82) is 0 Å². The zero-order chi connectivity index (χ0) is 12.6. The quantitative estimate of drug-likeness (QED) is 0.866. The fraction of sp³-hybridized carbons (Fsp3) is 0.533. The molecule has 0 bridgehead atoms. The molecule has 0 saturated carbocycles. The van der Waals surface area contributed by atoms with E-state index in [0.29, 0.717) is 0 Å². The smallest absolute Gasteiger partial charge is 0.227 e. The number of amides is 1. The molecule has 1 aliphatic carbocycles. The van der Waals surface area contributed by atoms with Gasteiger partial charge in [-0.2, -0.15) is 0 Å². The lowest BCUT2D eigenvalue weighted by Gasteiger charge is -2.24. The summed E-state index contributed by atoms with van der Waals surface area (Å²) in [6.07, 6.45) is 2.90. The molecule has 1 aliphatic heterocycles. The molecule has 0 radical (unpaired) electrons. The van der Waals surface area contributed by atoms with Crippen LogP contribution in [0.5, 0.6) is 0 Å². The van der Waals surface area contributed by atoms with E-state index in [1.54, 1.807) is 0 Å². The maximum atomic E-state index is 12.3. The van der Waals surface area contributed by atoms with Crippen molar-refractivity contribution >= 4 is 18.3 Å². The second-order valence-electron chi connectivity index (χ2n) is 5.83. The minimum absolute atomic E-state index is 0. The third-order valence-corrected chi connectivity index (χ3v) is 4.30. The predicted molar refractivity (Wildman–Crippen MR) is 78.6 cm³/mol. The lowest BCUT2D eigenvalue weighted by Crippen LogP contribution is -2.45. The van der Waals surface area contributed by atoms with Crippen molar-refractivity contribution < 1.29 is 4.79 Å². The Labute approximate surface area is 120 Å².